The summed E-state index contributed by atoms with van der Waals surface area (Å²) in [6.45, 7) is 3.61. The van der Waals surface area contributed by atoms with Gasteiger partial charge in [0.1, 0.15) is 10.6 Å². The van der Waals surface area contributed by atoms with E-state index < -0.39 is 10.0 Å². The van der Waals surface area contributed by atoms with Crippen LogP contribution in [0.4, 0.5) is 0 Å². The van der Waals surface area contributed by atoms with Crippen LogP contribution < -0.4 is 0 Å². The van der Waals surface area contributed by atoms with E-state index in [9.17, 15) is 18.3 Å². The van der Waals surface area contributed by atoms with Gasteiger partial charge in [-0.2, -0.15) is 9.40 Å². The van der Waals surface area contributed by atoms with Gasteiger partial charge < -0.3 is 10.0 Å². The van der Waals surface area contributed by atoms with Gasteiger partial charge in [-0.1, -0.05) is 0 Å². The molecule has 8 nitrogen and oxygen atoms in total. The minimum absolute atomic E-state index is 0.0973. The number of aromatic nitrogens is 2. The highest BCUT2D eigenvalue weighted by atomic mass is 32.2. The lowest BCUT2D eigenvalue weighted by Crippen LogP contribution is -2.50. The first-order valence-electron chi connectivity index (χ1n) is 8.02. The van der Waals surface area contributed by atoms with Crippen LogP contribution in [-0.4, -0.2) is 64.6 Å². The number of hydrogen-bond acceptors (Lipinski definition) is 5. The number of carbonyl (C=O) groups is 1. The Kier molecular flexibility index (Phi) is 4.78. The van der Waals surface area contributed by atoms with Crippen molar-refractivity contribution in [3.8, 4) is 5.75 Å². The second-order valence-electron chi connectivity index (χ2n) is 5.77. The number of sulfonamides is 1. The molecule has 0 radical (unpaired) electrons. The van der Waals surface area contributed by atoms with Crippen LogP contribution >= 0.6 is 0 Å². The number of rotatable bonds is 4. The Labute approximate surface area is 146 Å². The highest BCUT2D eigenvalue weighted by Gasteiger charge is 2.31. The highest BCUT2D eigenvalue weighted by molar-refractivity contribution is 7.89. The van der Waals surface area contributed by atoms with Crippen molar-refractivity contribution >= 4 is 15.9 Å². The first-order valence-corrected chi connectivity index (χ1v) is 9.46. The fourth-order valence-electron chi connectivity index (χ4n) is 2.72. The van der Waals surface area contributed by atoms with Crippen molar-refractivity contribution in [2.75, 3.05) is 26.2 Å². The number of piperazine rings is 1. The minimum Gasteiger partial charge on any atom is -0.508 e. The van der Waals surface area contributed by atoms with Crippen LogP contribution in [0, 0.1) is 0 Å². The predicted octanol–water partition coefficient (Wildman–Crippen LogP) is 0.755. The van der Waals surface area contributed by atoms with Gasteiger partial charge in [0.05, 0.1) is 6.20 Å². The Balaban J connectivity index is 1.67. The summed E-state index contributed by atoms with van der Waals surface area (Å²) < 4.78 is 28.2. The Morgan fingerprint density at radius 3 is 2.36 bits per heavy atom. The molecule has 0 aliphatic carbocycles. The van der Waals surface area contributed by atoms with E-state index in [4.69, 9.17) is 0 Å². The number of phenols is 1. The van der Waals surface area contributed by atoms with E-state index in [0.29, 0.717) is 25.2 Å². The van der Waals surface area contributed by atoms with Crippen LogP contribution in [0.2, 0.25) is 0 Å². The molecule has 2 aromatic rings. The first-order chi connectivity index (χ1) is 11.9. The van der Waals surface area contributed by atoms with Gasteiger partial charge in [-0.3, -0.25) is 9.48 Å². The van der Waals surface area contributed by atoms with Crippen LogP contribution in [0.3, 0.4) is 0 Å². The molecule has 1 aromatic carbocycles. The quantitative estimate of drug-likeness (QED) is 0.864. The third-order valence-electron chi connectivity index (χ3n) is 4.21. The van der Waals surface area contributed by atoms with Crippen LogP contribution in [0.1, 0.15) is 17.3 Å². The molecule has 3 rings (SSSR count). The van der Waals surface area contributed by atoms with Crippen molar-refractivity contribution in [1.29, 1.82) is 0 Å². The molecule has 134 valence electrons. The fourth-order valence-corrected chi connectivity index (χ4v) is 4.10. The maximum Gasteiger partial charge on any atom is 0.253 e. The maximum atomic E-state index is 12.6. The van der Waals surface area contributed by atoms with E-state index in [0.717, 1.165) is 0 Å². The van der Waals surface area contributed by atoms with Crippen molar-refractivity contribution < 1.29 is 18.3 Å². The Morgan fingerprint density at radius 2 is 1.80 bits per heavy atom. The van der Waals surface area contributed by atoms with Crippen LogP contribution in [0.25, 0.3) is 0 Å². The molecule has 1 amide bonds. The molecule has 2 heterocycles. The molecular formula is C16H20N4O4S. The van der Waals surface area contributed by atoms with Crippen LogP contribution in [-0.2, 0) is 16.6 Å². The number of amides is 1. The molecule has 1 fully saturated rings. The Hall–Kier alpha value is -2.39. The summed E-state index contributed by atoms with van der Waals surface area (Å²) in [5.74, 6) is -0.0732. The van der Waals surface area contributed by atoms with Gasteiger partial charge in [0.25, 0.3) is 5.91 Å². The van der Waals surface area contributed by atoms with Gasteiger partial charge in [0.2, 0.25) is 10.0 Å². The van der Waals surface area contributed by atoms with Gasteiger partial charge in [0.15, 0.2) is 0 Å². The molecule has 0 spiro atoms. The summed E-state index contributed by atoms with van der Waals surface area (Å²) in [4.78, 5) is 14.2. The number of benzene rings is 1. The standard InChI is InChI=1S/C16H20N4O4S/c1-2-19-12-15(11-17-19)25(23,24)20-9-7-18(8-10-20)16(22)13-3-5-14(21)6-4-13/h3-6,11-12,21H,2,7-10H2,1H3. The molecule has 1 aliphatic rings. The molecule has 1 aromatic heterocycles. The number of carbonyl (C=O) groups excluding carboxylic acids is 1. The van der Waals surface area contributed by atoms with Gasteiger partial charge in [0, 0.05) is 44.5 Å². The van der Waals surface area contributed by atoms with E-state index in [-0.39, 0.29) is 29.6 Å². The monoisotopic (exact) mass is 364 g/mol. The van der Waals surface area contributed by atoms with E-state index >= 15 is 0 Å². The topological polar surface area (TPSA) is 95.7 Å². The van der Waals surface area contributed by atoms with Crippen molar-refractivity contribution in [1.82, 2.24) is 19.0 Å². The second kappa shape index (κ2) is 6.85. The number of aryl methyl sites for hydroxylation is 1. The third-order valence-corrected chi connectivity index (χ3v) is 6.06. The van der Waals surface area contributed by atoms with Gasteiger partial charge in [-0.15, -0.1) is 0 Å². The van der Waals surface area contributed by atoms with E-state index in [1.54, 1.807) is 21.7 Å². The Morgan fingerprint density at radius 1 is 1.16 bits per heavy atom. The average molecular weight is 364 g/mol. The van der Waals surface area contributed by atoms with Gasteiger partial charge >= 0.3 is 0 Å². The predicted molar refractivity (Wildman–Crippen MR) is 90.7 cm³/mol. The normalized spacial score (nSPS) is 16.1. The number of nitrogens with zero attached hydrogens (tertiary/aromatic N) is 4. The summed E-state index contributed by atoms with van der Waals surface area (Å²) in [6, 6.07) is 6.03. The molecule has 9 heteroatoms. The maximum absolute atomic E-state index is 12.6. The zero-order chi connectivity index (χ0) is 18.0. The number of aromatic hydroxyl groups is 1. The van der Waals surface area contributed by atoms with Crippen molar-refractivity contribution in [3.05, 3.63) is 42.2 Å². The average Bonchev–Trinajstić information content (AvgIpc) is 3.12. The lowest BCUT2D eigenvalue weighted by Gasteiger charge is -2.33. The van der Waals surface area contributed by atoms with Crippen molar-refractivity contribution in [2.24, 2.45) is 0 Å². The summed E-state index contributed by atoms with van der Waals surface area (Å²) in [5, 5.41) is 13.3. The summed E-state index contributed by atoms with van der Waals surface area (Å²) in [6.07, 6.45) is 2.87. The van der Waals surface area contributed by atoms with Gasteiger partial charge in [-0.05, 0) is 31.2 Å². The molecule has 1 saturated heterocycles. The molecule has 0 bridgehead atoms. The number of phenolic OH excluding ortho intramolecular Hbond substituents is 1. The smallest absolute Gasteiger partial charge is 0.253 e. The lowest BCUT2D eigenvalue weighted by atomic mass is 10.2. The SMILES string of the molecule is CCn1cc(S(=O)(=O)N2CCN(C(=O)c3ccc(O)cc3)CC2)cn1. The molecule has 1 N–H and O–H groups in total. The summed E-state index contributed by atoms with van der Waals surface area (Å²) in [5.41, 5.74) is 0.471. The Bertz CT molecular complexity index is 853. The third kappa shape index (κ3) is 3.52. The molecule has 1 aliphatic heterocycles. The molecular weight excluding hydrogens is 344 g/mol. The fraction of sp³-hybridized carbons (Fsp3) is 0.375. The molecule has 0 atom stereocenters. The van der Waals surface area contributed by atoms with Crippen LogP contribution in [0.5, 0.6) is 5.75 Å². The van der Waals surface area contributed by atoms with Crippen molar-refractivity contribution in [2.45, 2.75) is 18.4 Å². The van der Waals surface area contributed by atoms with Crippen LogP contribution in [0.15, 0.2) is 41.6 Å². The highest BCUT2D eigenvalue weighted by Crippen LogP contribution is 2.18. The van der Waals surface area contributed by atoms with E-state index in [1.807, 2.05) is 6.92 Å². The van der Waals surface area contributed by atoms with E-state index in [2.05, 4.69) is 5.10 Å². The number of hydrogen-bond donors (Lipinski definition) is 1. The molecule has 0 saturated carbocycles. The summed E-state index contributed by atoms with van der Waals surface area (Å²) in [7, 11) is -3.59. The van der Waals surface area contributed by atoms with E-state index in [1.165, 1.54) is 28.8 Å². The minimum atomic E-state index is -3.59. The largest absolute Gasteiger partial charge is 0.508 e. The zero-order valence-corrected chi connectivity index (χ0v) is 14.7. The van der Waals surface area contributed by atoms with Crippen molar-refractivity contribution in [3.63, 3.8) is 0 Å². The lowest BCUT2D eigenvalue weighted by molar-refractivity contribution is 0.0698. The molecule has 0 unspecified atom stereocenters. The van der Waals surface area contributed by atoms with Gasteiger partial charge in [-0.25, -0.2) is 8.42 Å². The molecule has 25 heavy (non-hydrogen) atoms. The second-order valence-corrected chi connectivity index (χ2v) is 7.71. The zero-order valence-electron chi connectivity index (χ0n) is 13.9. The summed E-state index contributed by atoms with van der Waals surface area (Å²) >= 11 is 0. The first kappa shape index (κ1) is 17.4.